The number of carbonyl (C=O) groups excluding carboxylic acids is 1. The molecule has 2 aromatic carbocycles. The first-order valence-electron chi connectivity index (χ1n) is 7.06. The highest BCUT2D eigenvalue weighted by atomic mass is 79.9. The van der Waals surface area contributed by atoms with Crippen LogP contribution in [0.1, 0.15) is 10.4 Å². The number of nitrogens with one attached hydrogen (secondary N) is 2. The molecular weight excluding hydrogens is 354 g/mol. The molecule has 0 fully saturated rings. The third-order valence-corrected chi connectivity index (χ3v) is 3.89. The lowest BCUT2D eigenvalue weighted by atomic mass is 10.2. The van der Waals surface area contributed by atoms with Crippen LogP contribution in [0.5, 0.6) is 0 Å². The van der Waals surface area contributed by atoms with Crippen LogP contribution in [0.25, 0.3) is 0 Å². The number of amides is 1. The SMILES string of the molecule is O=C(Nc1ccccc1Br)c1ccc(Nc2ccccc2)nc1. The van der Waals surface area contributed by atoms with E-state index in [-0.39, 0.29) is 5.91 Å². The molecule has 0 aliphatic carbocycles. The second-order valence-electron chi connectivity index (χ2n) is 4.86. The Morgan fingerprint density at radius 2 is 1.65 bits per heavy atom. The Kier molecular flexibility index (Phi) is 4.68. The summed E-state index contributed by atoms with van der Waals surface area (Å²) in [5, 5.41) is 6.03. The molecule has 0 saturated carbocycles. The minimum absolute atomic E-state index is 0.198. The zero-order valence-corrected chi connectivity index (χ0v) is 13.7. The topological polar surface area (TPSA) is 54.0 Å². The van der Waals surface area contributed by atoms with Gasteiger partial charge in [-0.05, 0) is 52.3 Å². The summed E-state index contributed by atoms with van der Waals surface area (Å²) in [5.41, 5.74) is 2.17. The van der Waals surface area contributed by atoms with Crippen LogP contribution in [0.2, 0.25) is 0 Å². The number of nitrogens with zero attached hydrogens (tertiary/aromatic N) is 1. The van der Waals surface area contributed by atoms with Crippen LogP contribution in [-0.2, 0) is 0 Å². The van der Waals surface area contributed by atoms with Crippen LogP contribution < -0.4 is 10.6 Å². The van der Waals surface area contributed by atoms with E-state index in [1.54, 1.807) is 18.3 Å². The van der Waals surface area contributed by atoms with E-state index >= 15 is 0 Å². The summed E-state index contributed by atoms with van der Waals surface area (Å²) in [7, 11) is 0. The Morgan fingerprint density at radius 1 is 0.913 bits per heavy atom. The van der Waals surface area contributed by atoms with Gasteiger partial charge >= 0.3 is 0 Å². The molecule has 4 nitrogen and oxygen atoms in total. The molecule has 0 bridgehead atoms. The van der Waals surface area contributed by atoms with E-state index in [2.05, 4.69) is 31.5 Å². The van der Waals surface area contributed by atoms with Crippen LogP contribution in [-0.4, -0.2) is 10.9 Å². The van der Waals surface area contributed by atoms with Gasteiger partial charge in [0.2, 0.25) is 0 Å². The van der Waals surface area contributed by atoms with Gasteiger partial charge in [0.05, 0.1) is 11.3 Å². The van der Waals surface area contributed by atoms with Crippen molar-refractivity contribution in [3.05, 3.63) is 83.0 Å². The van der Waals surface area contributed by atoms with E-state index in [0.717, 1.165) is 15.8 Å². The Balaban J connectivity index is 1.69. The molecule has 114 valence electrons. The van der Waals surface area contributed by atoms with Crippen molar-refractivity contribution in [2.45, 2.75) is 0 Å². The number of carbonyl (C=O) groups is 1. The molecule has 0 aliphatic rings. The van der Waals surface area contributed by atoms with Crippen molar-refractivity contribution >= 4 is 39.0 Å². The summed E-state index contributed by atoms with van der Waals surface area (Å²) in [6.07, 6.45) is 1.55. The van der Waals surface area contributed by atoms with Crippen LogP contribution >= 0.6 is 15.9 Å². The Bertz CT molecular complexity index is 804. The van der Waals surface area contributed by atoms with Gasteiger partial charge in [0, 0.05) is 16.4 Å². The second kappa shape index (κ2) is 7.07. The number of para-hydroxylation sites is 2. The quantitative estimate of drug-likeness (QED) is 0.693. The smallest absolute Gasteiger partial charge is 0.257 e. The van der Waals surface area contributed by atoms with Crippen molar-refractivity contribution in [1.29, 1.82) is 0 Å². The Hall–Kier alpha value is -2.66. The van der Waals surface area contributed by atoms with Gasteiger partial charge in [0.25, 0.3) is 5.91 Å². The molecule has 2 N–H and O–H groups in total. The maximum absolute atomic E-state index is 12.2. The standard InChI is InChI=1S/C18H14BrN3O/c19-15-8-4-5-9-16(15)22-18(23)13-10-11-17(20-12-13)21-14-6-2-1-3-7-14/h1-12H,(H,20,21)(H,22,23). The summed E-state index contributed by atoms with van der Waals surface area (Å²) in [6.45, 7) is 0. The molecule has 0 unspecified atom stereocenters. The van der Waals surface area contributed by atoms with Gasteiger partial charge in [-0.1, -0.05) is 30.3 Å². The number of hydrogen-bond donors (Lipinski definition) is 2. The highest BCUT2D eigenvalue weighted by Gasteiger charge is 2.08. The number of halogens is 1. The molecule has 0 aliphatic heterocycles. The van der Waals surface area contributed by atoms with Crippen molar-refractivity contribution in [1.82, 2.24) is 4.98 Å². The van der Waals surface area contributed by atoms with Crippen LogP contribution in [0, 0.1) is 0 Å². The highest BCUT2D eigenvalue weighted by molar-refractivity contribution is 9.10. The molecule has 3 aromatic rings. The molecule has 23 heavy (non-hydrogen) atoms. The molecule has 0 atom stereocenters. The fraction of sp³-hybridized carbons (Fsp3) is 0. The van der Waals surface area contributed by atoms with Gasteiger partial charge in [0.15, 0.2) is 0 Å². The molecular formula is C18H14BrN3O. The predicted molar refractivity (Wildman–Crippen MR) is 96.1 cm³/mol. The van der Waals surface area contributed by atoms with E-state index < -0.39 is 0 Å². The van der Waals surface area contributed by atoms with Crippen LogP contribution in [0.15, 0.2) is 77.4 Å². The van der Waals surface area contributed by atoms with Gasteiger partial charge in [-0.2, -0.15) is 0 Å². The molecule has 1 heterocycles. The van der Waals surface area contributed by atoms with E-state index in [9.17, 15) is 4.79 Å². The molecule has 0 saturated heterocycles. The number of hydrogen-bond acceptors (Lipinski definition) is 3. The maximum atomic E-state index is 12.2. The Morgan fingerprint density at radius 3 is 2.35 bits per heavy atom. The predicted octanol–water partition coefficient (Wildman–Crippen LogP) is 4.84. The monoisotopic (exact) mass is 367 g/mol. The lowest BCUT2D eigenvalue weighted by Gasteiger charge is -2.08. The van der Waals surface area contributed by atoms with Crippen molar-refractivity contribution in [2.75, 3.05) is 10.6 Å². The summed E-state index contributed by atoms with van der Waals surface area (Å²) in [6, 6.07) is 20.7. The Labute approximate surface area is 142 Å². The number of benzene rings is 2. The molecule has 3 rings (SSSR count). The van der Waals surface area contributed by atoms with E-state index in [1.165, 1.54) is 0 Å². The van der Waals surface area contributed by atoms with Gasteiger partial charge in [-0.25, -0.2) is 4.98 Å². The molecule has 1 aromatic heterocycles. The first kappa shape index (κ1) is 15.2. The average molecular weight is 368 g/mol. The minimum atomic E-state index is -0.198. The summed E-state index contributed by atoms with van der Waals surface area (Å²) >= 11 is 3.41. The van der Waals surface area contributed by atoms with Crippen molar-refractivity contribution in [2.24, 2.45) is 0 Å². The van der Waals surface area contributed by atoms with Crippen molar-refractivity contribution < 1.29 is 4.79 Å². The first-order chi connectivity index (χ1) is 11.2. The lowest BCUT2D eigenvalue weighted by Crippen LogP contribution is -2.12. The summed E-state index contributed by atoms with van der Waals surface area (Å²) < 4.78 is 0.837. The molecule has 1 amide bonds. The fourth-order valence-electron chi connectivity index (χ4n) is 2.03. The molecule has 5 heteroatoms. The number of aromatic nitrogens is 1. The lowest BCUT2D eigenvalue weighted by molar-refractivity contribution is 0.102. The number of pyridine rings is 1. The first-order valence-corrected chi connectivity index (χ1v) is 7.86. The molecule has 0 spiro atoms. The number of rotatable bonds is 4. The normalized spacial score (nSPS) is 10.1. The average Bonchev–Trinajstić information content (AvgIpc) is 2.58. The maximum Gasteiger partial charge on any atom is 0.257 e. The summed E-state index contributed by atoms with van der Waals surface area (Å²) in [5.74, 6) is 0.490. The third-order valence-electron chi connectivity index (χ3n) is 3.19. The van der Waals surface area contributed by atoms with E-state index in [0.29, 0.717) is 11.4 Å². The molecule has 0 radical (unpaired) electrons. The van der Waals surface area contributed by atoms with E-state index in [4.69, 9.17) is 0 Å². The van der Waals surface area contributed by atoms with E-state index in [1.807, 2.05) is 54.6 Å². The van der Waals surface area contributed by atoms with Gasteiger partial charge in [0.1, 0.15) is 5.82 Å². The summed E-state index contributed by atoms with van der Waals surface area (Å²) in [4.78, 5) is 16.5. The minimum Gasteiger partial charge on any atom is -0.340 e. The van der Waals surface area contributed by atoms with Crippen molar-refractivity contribution in [3.63, 3.8) is 0 Å². The number of anilines is 3. The van der Waals surface area contributed by atoms with Crippen LogP contribution in [0.4, 0.5) is 17.2 Å². The second-order valence-corrected chi connectivity index (χ2v) is 5.71. The zero-order chi connectivity index (χ0) is 16.1. The fourth-order valence-corrected chi connectivity index (χ4v) is 2.41. The third kappa shape index (κ3) is 3.96. The highest BCUT2D eigenvalue weighted by Crippen LogP contribution is 2.22. The van der Waals surface area contributed by atoms with Crippen molar-refractivity contribution in [3.8, 4) is 0 Å². The van der Waals surface area contributed by atoms with Gasteiger partial charge in [-0.15, -0.1) is 0 Å². The largest absolute Gasteiger partial charge is 0.340 e. The van der Waals surface area contributed by atoms with Gasteiger partial charge in [-0.3, -0.25) is 4.79 Å². The van der Waals surface area contributed by atoms with Gasteiger partial charge < -0.3 is 10.6 Å². The zero-order valence-electron chi connectivity index (χ0n) is 12.2. The van der Waals surface area contributed by atoms with Crippen LogP contribution in [0.3, 0.4) is 0 Å².